The van der Waals surface area contributed by atoms with Gasteiger partial charge in [-0.3, -0.25) is 9.78 Å². The van der Waals surface area contributed by atoms with Crippen molar-refractivity contribution in [3.8, 4) is 17.5 Å². The van der Waals surface area contributed by atoms with Crippen LogP contribution in [-0.2, 0) is 11.2 Å². The van der Waals surface area contributed by atoms with Crippen LogP contribution in [0.4, 0.5) is 5.13 Å². The van der Waals surface area contributed by atoms with Gasteiger partial charge in [0.1, 0.15) is 5.69 Å². The minimum atomic E-state index is -0.0821. The average molecular weight is 334 g/mol. The number of nitriles is 1. The smallest absolute Gasteiger partial charge is 0.226 e. The summed E-state index contributed by atoms with van der Waals surface area (Å²) in [5.74, 6) is -0.0821. The van der Waals surface area contributed by atoms with Crippen molar-refractivity contribution in [3.63, 3.8) is 0 Å². The number of hydrogen-bond donors (Lipinski definition) is 1. The van der Waals surface area contributed by atoms with Crippen LogP contribution in [0.3, 0.4) is 0 Å². The van der Waals surface area contributed by atoms with Crippen molar-refractivity contribution in [1.29, 1.82) is 5.26 Å². The van der Waals surface area contributed by atoms with Crippen molar-refractivity contribution in [1.82, 2.24) is 9.97 Å². The van der Waals surface area contributed by atoms with E-state index in [1.165, 1.54) is 11.3 Å². The highest BCUT2D eigenvalue weighted by Crippen LogP contribution is 2.23. The van der Waals surface area contributed by atoms with Crippen LogP contribution in [0.15, 0.2) is 54.0 Å². The third kappa shape index (κ3) is 4.03. The Morgan fingerprint density at radius 2 is 2.00 bits per heavy atom. The van der Waals surface area contributed by atoms with E-state index < -0.39 is 0 Å². The van der Waals surface area contributed by atoms with Crippen LogP contribution in [0.25, 0.3) is 11.4 Å². The summed E-state index contributed by atoms with van der Waals surface area (Å²) in [6.45, 7) is 0. The predicted molar refractivity (Wildman–Crippen MR) is 93.5 cm³/mol. The lowest BCUT2D eigenvalue weighted by atomic mass is 10.1. The second-order valence-electron chi connectivity index (χ2n) is 5.11. The number of rotatable bonds is 5. The molecule has 0 atom stereocenters. The summed E-state index contributed by atoms with van der Waals surface area (Å²) >= 11 is 1.38. The summed E-state index contributed by atoms with van der Waals surface area (Å²) < 4.78 is 0. The first kappa shape index (κ1) is 15.8. The van der Waals surface area contributed by atoms with Gasteiger partial charge in [0.25, 0.3) is 0 Å². The van der Waals surface area contributed by atoms with Crippen molar-refractivity contribution in [2.45, 2.75) is 12.8 Å². The Bertz CT molecular complexity index is 866. The van der Waals surface area contributed by atoms with E-state index in [1.54, 1.807) is 18.3 Å². The molecule has 118 valence electrons. The van der Waals surface area contributed by atoms with E-state index in [-0.39, 0.29) is 5.91 Å². The number of aryl methyl sites for hydroxylation is 1. The lowest BCUT2D eigenvalue weighted by molar-refractivity contribution is -0.116. The zero-order chi connectivity index (χ0) is 16.8. The van der Waals surface area contributed by atoms with Gasteiger partial charge in [-0.05, 0) is 36.2 Å². The van der Waals surface area contributed by atoms with Gasteiger partial charge in [0.05, 0.1) is 17.3 Å². The number of aromatic nitrogens is 2. The van der Waals surface area contributed by atoms with Crippen LogP contribution in [0.2, 0.25) is 0 Å². The Labute approximate surface area is 143 Å². The van der Waals surface area contributed by atoms with Gasteiger partial charge in [0.15, 0.2) is 5.13 Å². The first-order valence-corrected chi connectivity index (χ1v) is 8.28. The molecular weight excluding hydrogens is 320 g/mol. The van der Waals surface area contributed by atoms with Gasteiger partial charge < -0.3 is 5.32 Å². The fourth-order valence-electron chi connectivity index (χ4n) is 2.15. The van der Waals surface area contributed by atoms with E-state index in [1.807, 2.05) is 35.7 Å². The van der Waals surface area contributed by atoms with Gasteiger partial charge in [-0.1, -0.05) is 18.2 Å². The molecule has 5 nitrogen and oxygen atoms in total. The molecule has 24 heavy (non-hydrogen) atoms. The van der Waals surface area contributed by atoms with Gasteiger partial charge in [0.2, 0.25) is 5.91 Å². The maximum absolute atomic E-state index is 12.0. The Hall–Kier alpha value is -3.04. The van der Waals surface area contributed by atoms with Crippen molar-refractivity contribution < 1.29 is 4.79 Å². The standard InChI is InChI=1S/C18H14N4OS/c19-11-14-6-4-13(5-7-14)8-9-17(23)22-18-21-16(12-24-18)15-3-1-2-10-20-15/h1-7,10,12H,8-9H2,(H,21,22,23). The Balaban J connectivity index is 1.55. The third-order valence-corrected chi connectivity index (χ3v) is 4.16. The van der Waals surface area contributed by atoms with Crippen molar-refractivity contribution in [2.75, 3.05) is 5.32 Å². The summed E-state index contributed by atoms with van der Waals surface area (Å²) in [6.07, 6.45) is 2.70. The Morgan fingerprint density at radius 3 is 2.71 bits per heavy atom. The van der Waals surface area contributed by atoms with Crippen LogP contribution in [0.5, 0.6) is 0 Å². The van der Waals surface area contributed by atoms with E-state index >= 15 is 0 Å². The molecule has 1 N–H and O–H groups in total. The second-order valence-corrected chi connectivity index (χ2v) is 5.97. The van der Waals surface area contributed by atoms with E-state index in [9.17, 15) is 4.79 Å². The minimum Gasteiger partial charge on any atom is -0.302 e. The van der Waals surface area contributed by atoms with Crippen LogP contribution in [0, 0.1) is 11.3 Å². The number of nitrogens with zero attached hydrogens (tertiary/aromatic N) is 3. The van der Waals surface area contributed by atoms with Crippen LogP contribution in [0.1, 0.15) is 17.5 Å². The zero-order valence-electron chi connectivity index (χ0n) is 12.8. The summed E-state index contributed by atoms with van der Waals surface area (Å²) in [4.78, 5) is 20.7. The fraction of sp³-hybridized carbons (Fsp3) is 0.111. The van der Waals surface area contributed by atoms with E-state index in [2.05, 4.69) is 21.4 Å². The molecule has 3 aromatic rings. The molecule has 2 heterocycles. The maximum Gasteiger partial charge on any atom is 0.226 e. The van der Waals surface area contributed by atoms with Crippen molar-refractivity contribution >= 4 is 22.4 Å². The summed E-state index contributed by atoms with van der Waals surface area (Å²) in [5.41, 5.74) is 3.18. The van der Waals surface area contributed by atoms with Gasteiger partial charge in [-0.25, -0.2) is 4.98 Å². The number of amides is 1. The number of hydrogen-bond acceptors (Lipinski definition) is 5. The summed E-state index contributed by atoms with van der Waals surface area (Å²) in [5, 5.41) is 14.0. The molecule has 1 amide bonds. The fourth-order valence-corrected chi connectivity index (χ4v) is 2.87. The molecule has 0 aliphatic rings. The maximum atomic E-state index is 12.0. The normalized spacial score (nSPS) is 10.1. The predicted octanol–water partition coefficient (Wildman–Crippen LogP) is 3.65. The molecule has 0 aliphatic carbocycles. The molecule has 6 heteroatoms. The number of thiazole rings is 1. The molecule has 0 bridgehead atoms. The first-order valence-electron chi connectivity index (χ1n) is 7.40. The van der Waals surface area contributed by atoms with Gasteiger partial charge >= 0.3 is 0 Å². The largest absolute Gasteiger partial charge is 0.302 e. The number of pyridine rings is 1. The highest BCUT2D eigenvalue weighted by molar-refractivity contribution is 7.14. The Kier molecular flexibility index (Phi) is 4.94. The molecule has 1 aromatic carbocycles. The van der Waals surface area contributed by atoms with E-state index in [0.29, 0.717) is 23.5 Å². The Morgan fingerprint density at radius 1 is 1.17 bits per heavy atom. The zero-order valence-corrected chi connectivity index (χ0v) is 13.6. The molecule has 0 aliphatic heterocycles. The van der Waals surface area contributed by atoms with E-state index in [4.69, 9.17) is 5.26 Å². The summed E-state index contributed by atoms with van der Waals surface area (Å²) in [6, 6.07) is 15.0. The SMILES string of the molecule is N#Cc1ccc(CCC(=O)Nc2nc(-c3ccccn3)cs2)cc1. The van der Waals surface area contributed by atoms with E-state index in [0.717, 1.165) is 17.0 Å². The number of anilines is 1. The third-order valence-electron chi connectivity index (χ3n) is 3.40. The molecule has 0 spiro atoms. The van der Waals surface area contributed by atoms with Crippen LogP contribution < -0.4 is 5.32 Å². The molecular formula is C18H14N4OS. The topological polar surface area (TPSA) is 78.7 Å². The van der Waals surface area contributed by atoms with Crippen molar-refractivity contribution in [3.05, 3.63) is 65.2 Å². The quantitative estimate of drug-likeness (QED) is 0.772. The highest BCUT2D eigenvalue weighted by atomic mass is 32.1. The summed E-state index contributed by atoms with van der Waals surface area (Å²) in [7, 11) is 0. The number of carbonyl (C=O) groups is 1. The molecule has 0 unspecified atom stereocenters. The average Bonchev–Trinajstić information content (AvgIpc) is 3.09. The van der Waals surface area contributed by atoms with Gasteiger partial charge in [0, 0.05) is 18.0 Å². The highest BCUT2D eigenvalue weighted by Gasteiger charge is 2.09. The molecule has 2 aromatic heterocycles. The van der Waals surface area contributed by atoms with Crippen LogP contribution >= 0.6 is 11.3 Å². The van der Waals surface area contributed by atoms with Crippen LogP contribution in [-0.4, -0.2) is 15.9 Å². The number of nitrogens with one attached hydrogen (secondary N) is 1. The molecule has 0 fully saturated rings. The lowest BCUT2D eigenvalue weighted by Gasteiger charge is -2.02. The molecule has 0 saturated carbocycles. The van der Waals surface area contributed by atoms with Gasteiger partial charge in [-0.2, -0.15) is 5.26 Å². The monoisotopic (exact) mass is 334 g/mol. The first-order chi connectivity index (χ1) is 11.7. The second kappa shape index (κ2) is 7.49. The minimum absolute atomic E-state index is 0.0821. The molecule has 0 saturated heterocycles. The van der Waals surface area contributed by atoms with Crippen molar-refractivity contribution in [2.24, 2.45) is 0 Å². The molecule has 3 rings (SSSR count). The van der Waals surface area contributed by atoms with Gasteiger partial charge in [-0.15, -0.1) is 11.3 Å². The number of carbonyl (C=O) groups excluding carboxylic acids is 1. The molecule has 0 radical (unpaired) electrons. The lowest BCUT2D eigenvalue weighted by Crippen LogP contribution is -2.12. The number of benzene rings is 1.